The summed E-state index contributed by atoms with van der Waals surface area (Å²) in [5.74, 6) is 1.04. The van der Waals surface area contributed by atoms with Crippen LogP contribution < -0.4 is 9.47 Å². The number of aryl methyl sites for hydroxylation is 1. The van der Waals surface area contributed by atoms with Crippen LogP contribution in [0.1, 0.15) is 48.2 Å². The van der Waals surface area contributed by atoms with Crippen molar-refractivity contribution >= 4 is 6.29 Å². The number of carbonyl (C=O) groups is 1. The Morgan fingerprint density at radius 2 is 1.91 bits per heavy atom. The molecule has 2 unspecified atom stereocenters. The van der Waals surface area contributed by atoms with Gasteiger partial charge in [0.25, 0.3) is 0 Å². The van der Waals surface area contributed by atoms with Crippen LogP contribution >= 0.6 is 0 Å². The highest BCUT2D eigenvalue weighted by atomic mass is 16.5. The Labute approximate surface area is 191 Å². The van der Waals surface area contributed by atoms with E-state index in [2.05, 4.69) is 36.1 Å². The van der Waals surface area contributed by atoms with Crippen LogP contribution in [0.25, 0.3) is 0 Å². The van der Waals surface area contributed by atoms with E-state index >= 15 is 0 Å². The summed E-state index contributed by atoms with van der Waals surface area (Å²) in [5, 5.41) is 10.7. The first-order chi connectivity index (χ1) is 15.6. The highest BCUT2D eigenvalue weighted by Crippen LogP contribution is 2.28. The fourth-order valence-corrected chi connectivity index (χ4v) is 3.94. The van der Waals surface area contributed by atoms with Crippen LogP contribution in [0, 0.1) is 0 Å². The molecule has 0 bridgehead atoms. The first-order valence-electron chi connectivity index (χ1n) is 11.6. The number of rotatable bonds is 13. The fraction of sp³-hybridized carbons (Fsp3) is 0.500. The summed E-state index contributed by atoms with van der Waals surface area (Å²) in [4.78, 5) is 13.3. The van der Waals surface area contributed by atoms with Gasteiger partial charge in [0, 0.05) is 31.8 Å². The molecule has 6 nitrogen and oxygen atoms in total. The van der Waals surface area contributed by atoms with Gasteiger partial charge in [-0.25, -0.2) is 0 Å². The molecule has 2 aromatic rings. The summed E-state index contributed by atoms with van der Waals surface area (Å²) in [6, 6.07) is 13.7. The number of aldehydes is 1. The van der Waals surface area contributed by atoms with E-state index in [0.29, 0.717) is 30.2 Å². The van der Waals surface area contributed by atoms with E-state index < -0.39 is 6.10 Å². The van der Waals surface area contributed by atoms with Crippen LogP contribution in [0.3, 0.4) is 0 Å². The van der Waals surface area contributed by atoms with Gasteiger partial charge in [0.1, 0.15) is 19.0 Å². The van der Waals surface area contributed by atoms with E-state index in [-0.39, 0.29) is 12.7 Å². The summed E-state index contributed by atoms with van der Waals surface area (Å²) in [6.07, 6.45) is 3.47. The maximum Gasteiger partial charge on any atom is 0.161 e. The Bertz CT molecular complexity index is 833. The quantitative estimate of drug-likeness (QED) is 0.476. The zero-order valence-electron chi connectivity index (χ0n) is 19.2. The van der Waals surface area contributed by atoms with E-state index in [1.165, 1.54) is 11.1 Å². The summed E-state index contributed by atoms with van der Waals surface area (Å²) >= 11 is 0. The second-order valence-corrected chi connectivity index (χ2v) is 8.22. The third kappa shape index (κ3) is 7.33. The maximum absolute atomic E-state index is 11.0. The molecule has 3 rings (SSSR count). The second kappa shape index (κ2) is 12.6. The molecule has 1 aliphatic rings. The smallest absolute Gasteiger partial charge is 0.161 e. The normalized spacial score (nSPS) is 16.8. The second-order valence-electron chi connectivity index (χ2n) is 8.22. The third-order valence-electron chi connectivity index (χ3n) is 5.63. The minimum Gasteiger partial charge on any atom is -0.490 e. The number of ether oxygens (including phenoxy) is 3. The van der Waals surface area contributed by atoms with E-state index in [4.69, 9.17) is 14.2 Å². The van der Waals surface area contributed by atoms with E-state index in [1.54, 1.807) is 18.2 Å². The average molecular weight is 442 g/mol. The van der Waals surface area contributed by atoms with Crippen LogP contribution in [0.5, 0.6) is 11.5 Å². The molecule has 2 aromatic carbocycles. The van der Waals surface area contributed by atoms with E-state index in [1.807, 2.05) is 6.92 Å². The average Bonchev–Trinajstić information content (AvgIpc) is 3.32. The summed E-state index contributed by atoms with van der Waals surface area (Å²) in [5.41, 5.74) is 3.06. The van der Waals surface area contributed by atoms with Crippen molar-refractivity contribution in [2.45, 2.75) is 51.9 Å². The van der Waals surface area contributed by atoms with E-state index in [9.17, 15) is 9.90 Å². The topological polar surface area (TPSA) is 68.2 Å². The largest absolute Gasteiger partial charge is 0.490 e. The van der Waals surface area contributed by atoms with Crippen LogP contribution in [0.15, 0.2) is 42.5 Å². The van der Waals surface area contributed by atoms with Gasteiger partial charge in [-0.05, 0) is 55.5 Å². The lowest BCUT2D eigenvalue weighted by atomic mass is 10.1. The number of carbonyl (C=O) groups excluding carboxylic acids is 1. The van der Waals surface area contributed by atoms with Crippen molar-refractivity contribution in [2.75, 3.05) is 32.9 Å². The van der Waals surface area contributed by atoms with Gasteiger partial charge in [0.05, 0.1) is 12.7 Å². The third-order valence-corrected chi connectivity index (χ3v) is 5.63. The van der Waals surface area contributed by atoms with Gasteiger partial charge >= 0.3 is 0 Å². The number of benzene rings is 2. The number of hydrogen-bond acceptors (Lipinski definition) is 6. The molecule has 174 valence electrons. The molecule has 2 atom stereocenters. The Morgan fingerprint density at radius 3 is 2.56 bits per heavy atom. The zero-order valence-corrected chi connectivity index (χ0v) is 19.2. The maximum atomic E-state index is 11.0. The fourth-order valence-electron chi connectivity index (χ4n) is 3.94. The predicted octanol–water partition coefficient (Wildman–Crippen LogP) is 3.88. The van der Waals surface area contributed by atoms with Crippen molar-refractivity contribution in [2.24, 2.45) is 0 Å². The molecule has 0 saturated carbocycles. The molecule has 6 heteroatoms. The van der Waals surface area contributed by atoms with Gasteiger partial charge in [-0.1, -0.05) is 31.2 Å². The molecule has 1 heterocycles. The van der Waals surface area contributed by atoms with Crippen LogP contribution in [-0.4, -0.2) is 61.4 Å². The highest BCUT2D eigenvalue weighted by molar-refractivity contribution is 5.76. The van der Waals surface area contributed by atoms with Crippen molar-refractivity contribution < 1.29 is 24.1 Å². The SMILES string of the molecule is CCOc1cc(C=O)ccc1OCC(O)CN(Cc1ccc(CC)cc1)CC1CCCO1. The molecule has 0 amide bonds. The van der Waals surface area contributed by atoms with Crippen LogP contribution in [0.2, 0.25) is 0 Å². The first kappa shape index (κ1) is 24.2. The lowest BCUT2D eigenvalue weighted by Gasteiger charge is -2.27. The first-order valence-corrected chi connectivity index (χ1v) is 11.6. The van der Waals surface area contributed by atoms with Crippen molar-refractivity contribution in [1.29, 1.82) is 0 Å². The van der Waals surface area contributed by atoms with Crippen LogP contribution in [-0.2, 0) is 17.7 Å². The molecule has 0 radical (unpaired) electrons. The minimum absolute atomic E-state index is 0.136. The lowest BCUT2D eigenvalue weighted by Crippen LogP contribution is -2.39. The Balaban J connectivity index is 1.61. The zero-order chi connectivity index (χ0) is 22.8. The molecule has 0 aliphatic carbocycles. The van der Waals surface area contributed by atoms with Gasteiger partial charge in [0.15, 0.2) is 11.5 Å². The standard InChI is InChI=1S/C26H35NO5/c1-3-20-7-9-21(10-8-20)15-27(17-24-6-5-13-31-24)16-23(29)19-32-25-12-11-22(18-28)14-26(25)30-4-2/h7-12,14,18,23-24,29H,3-6,13,15-17,19H2,1-2H3. The monoisotopic (exact) mass is 441 g/mol. The molecule has 0 aromatic heterocycles. The highest BCUT2D eigenvalue weighted by Gasteiger charge is 2.22. The van der Waals surface area contributed by atoms with Gasteiger partial charge in [0.2, 0.25) is 0 Å². The summed E-state index contributed by atoms with van der Waals surface area (Å²) < 4.78 is 17.3. The summed E-state index contributed by atoms with van der Waals surface area (Å²) in [7, 11) is 0. The van der Waals surface area contributed by atoms with Crippen LogP contribution in [0.4, 0.5) is 0 Å². The van der Waals surface area contributed by atoms with E-state index in [0.717, 1.165) is 45.2 Å². The molecule has 0 spiro atoms. The Morgan fingerprint density at radius 1 is 1.12 bits per heavy atom. The molecule has 1 saturated heterocycles. The Hall–Kier alpha value is -2.41. The molecule has 1 N–H and O–H groups in total. The number of aliphatic hydroxyl groups excluding tert-OH is 1. The number of hydrogen-bond donors (Lipinski definition) is 1. The number of nitrogens with zero attached hydrogens (tertiary/aromatic N) is 1. The minimum atomic E-state index is -0.674. The van der Waals surface area contributed by atoms with Crippen molar-refractivity contribution in [1.82, 2.24) is 4.90 Å². The van der Waals surface area contributed by atoms with Gasteiger partial charge in [-0.3, -0.25) is 9.69 Å². The molecular formula is C26H35NO5. The molecule has 1 fully saturated rings. The Kier molecular flexibility index (Phi) is 9.53. The van der Waals surface area contributed by atoms with Gasteiger partial charge in [-0.2, -0.15) is 0 Å². The number of aliphatic hydroxyl groups is 1. The van der Waals surface area contributed by atoms with Crippen molar-refractivity contribution in [3.8, 4) is 11.5 Å². The van der Waals surface area contributed by atoms with Crippen molar-refractivity contribution in [3.63, 3.8) is 0 Å². The molecule has 1 aliphatic heterocycles. The lowest BCUT2D eigenvalue weighted by molar-refractivity contribution is 0.0309. The van der Waals surface area contributed by atoms with Crippen molar-refractivity contribution in [3.05, 3.63) is 59.2 Å². The molecular weight excluding hydrogens is 406 g/mol. The van der Waals surface area contributed by atoms with Gasteiger partial charge in [-0.15, -0.1) is 0 Å². The molecule has 32 heavy (non-hydrogen) atoms. The predicted molar refractivity (Wildman–Crippen MR) is 125 cm³/mol. The summed E-state index contributed by atoms with van der Waals surface area (Å²) in [6.45, 7) is 7.45. The van der Waals surface area contributed by atoms with Gasteiger partial charge < -0.3 is 19.3 Å².